The molecular weight excluding hydrogens is 381 g/mol. The number of nitrogens with one attached hydrogen (secondary N) is 1. The Morgan fingerprint density at radius 1 is 1.29 bits per heavy atom. The topological polar surface area (TPSA) is 72.4 Å². The van der Waals surface area contributed by atoms with E-state index in [1.807, 2.05) is 17.3 Å². The summed E-state index contributed by atoms with van der Waals surface area (Å²) < 4.78 is 0. The van der Waals surface area contributed by atoms with Gasteiger partial charge in [0.15, 0.2) is 0 Å². The van der Waals surface area contributed by atoms with Gasteiger partial charge >= 0.3 is 27.0 Å². The quantitative estimate of drug-likeness (QED) is 0.544. The van der Waals surface area contributed by atoms with Crippen LogP contribution in [0.3, 0.4) is 0 Å². The number of aliphatic hydroxyl groups is 1. The summed E-state index contributed by atoms with van der Waals surface area (Å²) in [4.78, 5) is 10.1. The van der Waals surface area contributed by atoms with Crippen LogP contribution in [-0.4, -0.2) is 29.8 Å². The average molecular weight is 404 g/mol. The van der Waals surface area contributed by atoms with E-state index >= 15 is 0 Å². The molecule has 2 rings (SSSR count). The molecule has 1 saturated heterocycles. The first kappa shape index (κ1) is 20.7. The fourth-order valence-electron chi connectivity index (χ4n) is 2.30. The van der Waals surface area contributed by atoms with Gasteiger partial charge in [0.25, 0.3) is 0 Å². The molecule has 1 aliphatic heterocycles. The zero-order valence-corrected chi connectivity index (χ0v) is 15.4. The van der Waals surface area contributed by atoms with Gasteiger partial charge in [-0.2, -0.15) is 27.8 Å². The van der Waals surface area contributed by atoms with Crippen LogP contribution in [-0.2, 0) is 22.1 Å². The fraction of sp³-hybridized carbons (Fsp3) is 0.600. The summed E-state index contributed by atoms with van der Waals surface area (Å²) in [7, 11) is 4.53. The number of hydrogen-bond acceptors (Lipinski definition) is 4. The molecule has 0 bridgehead atoms. The zero-order chi connectivity index (χ0) is 16.7. The predicted molar refractivity (Wildman–Crippen MR) is 79.0 cm³/mol. The number of aliphatic hydroxyl groups excluding tert-OH is 1. The molecule has 0 saturated carbocycles. The van der Waals surface area contributed by atoms with Crippen LogP contribution in [0.1, 0.15) is 34.2 Å². The number of aliphatic carboxylic acids is 1. The summed E-state index contributed by atoms with van der Waals surface area (Å²) >= 11 is 2.02. The summed E-state index contributed by atoms with van der Waals surface area (Å²) in [6, 6.07) is -0.653. The molecular formula is C15H23ClNO3Rh. The van der Waals surface area contributed by atoms with Crippen molar-refractivity contribution in [2.75, 3.05) is 6.54 Å². The van der Waals surface area contributed by atoms with Gasteiger partial charge in [-0.25, -0.2) is 0 Å². The summed E-state index contributed by atoms with van der Waals surface area (Å²) in [5.74, 6) is -1.13. The molecule has 0 amide bonds. The normalized spacial score (nSPS) is 20.2. The van der Waals surface area contributed by atoms with E-state index in [0.717, 1.165) is 0 Å². The molecule has 2 N–H and O–H groups in total. The van der Waals surface area contributed by atoms with E-state index in [1.54, 1.807) is 0 Å². The van der Waals surface area contributed by atoms with Crippen molar-refractivity contribution in [2.24, 2.45) is 0 Å². The van der Waals surface area contributed by atoms with Crippen molar-refractivity contribution < 1.29 is 32.3 Å². The monoisotopic (exact) mass is 403 g/mol. The van der Waals surface area contributed by atoms with Gasteiger partial charge in [0.1, 0.15) is 0 Å². The van der Waals surface area contributed by atoms with Crippen LogP contribution >= 0.6 is 9.69 Å². The summed E-state index contributed by atoms with van der Waals surface area (Å²) in [6.45, 7) is 11.4. The Bertz CT molecular complexity index is 394. The van der Waals surface area contributed by atoms with Crippen molar-refractivity contribution >= 4 is 15.7 Å². The van der Waals surface area contributed by atoms with Crippen LogP contribution in [0.2, 0.25) is 0 Å². The Labute approximate surface area is 141 Å². The van der Waals surface area contributed by atoms with Crippen molar-refractivity contribution in [3.63, 3.8) is 0 Å². The molecule has 0 radical (unpaired) electrons. The van der Waals surface area contributed by atoms with E-state index in [0.29, 0.717) is 6.54 Å². The number of hydrogen-bond donors (Lipinski definition) is 2. The number of halogens is 1. The summed E-state index contributed by atoms with van der Waals surface area (Å²) in [6.07, 6.45) is -0.254. The van der Waals surface area contributed by atoms with Crippen LogP contribution in [0.5, 0.6) is 0 Å². The van der Waals surface area contributed by atoms with Crippen molar-refractivity contribution in [2.45, 2.75) is 53.2 Å². The molecule has 2 unspecified atom stereocenters. The fourth-order valence-corrected chi connectivity index (χ4v) is 2.30. The third-order valence-electron chi connectivity index (χ3n) is 4.20. The van der Waals surface area contributed by atoms with Gasteiger partial charge in [0.05, 0.1) is 12.1 Å². The Balaban J connectivity index is 0.000000342. The van der Waals surface area contributed by atoms with Crippen LogP contribution in [0.25, 0.3) is 0 Å². The SMILES string of the molecule is Cc1c(C)c(C)[c-](C)c1C.O=C([O-])C1CC(O)CN1.[Cl][Rh+2]. The van der Waals surface area contributed by atoms with Gasteiger partial charge in [0.2, 0.25) is 0 Å². The van der Waals surface area contributed by atoms with E-state index in [9.17, 15) is 9.90 Å². The molecule has 1 fully saturated rings. The van der Waals surface area contributed by atoms with Crippen LogP contribution in [0.15, 0.2) is 0 Å². The van der Waals surface area contributed by atoms with Gasteiger partial charge in [0, 0.05) is 12.6 Å². The number of carboxylic acid groups (broad SMARTS) is 1. The molecule has 2 atom stereocenters. The molecule has 0 spiro atoms. The molecule has 4 nitrogen and oxygen atoms in total. The van der Waals surface area contributed by atoms with E-state index in [4.69, 9.17) is 5.11 Å². The van der Waals surface area contributed by atoms with E-state index in [-0.39, 0.29) is 6.42 Å². The summed E-state index contributed by atoms with van der Waals surface area (Å²) in [5.41, 5.74) is 7.34. The number of carboxylic acids is 1. The van der Waals surface area contributed by atoms with Gasteiger partial charge in [-0.1, -0.05) is 34.6 Å². The molecule has 6 heteroatoms. The molecule has 1 aromatic rings. The Morgan fingerprint density at radius 2 is 1.71 bits per heavy atom. The van der Waals surface area contributed by atoms with Crippen molar-refractivity contribution in [1.82, 2.24) is 5.32 Å². The number of carbonyl (C=O) groups excluding carboxylic acids is 1. The van der Waals surface area contributed by atoms with Crippen molar-refractivity contribution in [3.05, 3.63) is 27.8 Å². The molecule has 21 heavy (non-hydrogen) atoms. The minimum atomic E-state index is -1.13. The zero-order valence-electron chi connectivity index (χ0n) is 13.0. The van der Waals surface area contributed by atoms with Crippen LogP contribution in [0.4, 0.5) is 0 Å². The second kappa shape index (κ2) is 9.63. The Kier molecular flexibility index (Phi) is 9.47. The molecule has 0 aromatic heterocycles. The van der Waals surface area contributed by atoms with E-state index in [1.165, 1.54) is 27.8 Å². The minimum absolute atomic E-state index is 0.266. The third kappa shape index (κ3) is 5.74. The van der Waals surface area contributed by atoms with E-state index < -0.39 is 18.1 Å². The average Bonchev–Trinajstić information content (AvgIpc) is 2.98. The number of β-amino-alcohol motifs (C(OH)–C–C–N with tert-alkyl or cyclic N) is 1. The van der Waals surface area contributed by atoms with Crippen molar-refractivity contribution in [3.8, 4) is 0 Å². The van der Waals surface area contributed by atoms with Gasteiger partial charge < -0.3 is 20.3 Å². The Morgan fingerprint density at radius 3 is 1.86 bits per heavy atom. The first-order valence-electron chi connectivity index (χ1n) is 6.70. The van der Waals surface area contributed by atoms with Crippen molar-refractivity contribution in [1.29, 1.82) is 0 Å². The molecule has 1 heterocycles. The second-order valence-electron chi connectivity index (χ2n) is 5.29. The predicted octanol–water partition coefficient (Wildman–Crippen LogP) is 1.09. The van der Waals surface area contributed by atoms with E-state index in [2.05, 4.69) is 49.6 Å². The molecule has 0 aliphatic carbocycles. The summed E-state index contributed by atoms with van der Waals surface area (Å²) in [5, 5.41) is 21.5. The maximum absolute atomic E-state index is 10.1. The van der Waals surface area contributed by atoms with Gasteiger partial charge in [-0.05, 0) is 6.42 Å². The van der Waals surface area contributed by atoms with Gasteiger partial charge in [-0.15, -0.1) is 0 Å². The van der Waals surface area contributed by atoms with Crippen LogP contribution in [0, 0.1) is 34.6 Å². The number of rotatable bonds is 1. The number of carbonyl (C=O) groups is 1. The van der Waals surface area contributed by atoms with Gasteiger partial charge in [-0.3, -0.25) is 0 Å². The first-order valence-corrected chi connectivity index (χ1v) is 8.81. The molecule has 122 valence electrons. The second-order valence-corrected chi connectivity index (χ2v) is 5.29. The maximum atomic E-state index is 10.1. The first-order chi connectivity index (χ1) is 9.75. The van der Waals surface area contributed by atoms with Crippen LogP contribution < -0.4 is 10.4 Å². The molecule has 1 aromatic carbocycles. The Hall–Kier alpha value is -0.347. The standard InChI is InChI=1S/C10H15.C5H9NO3.ClH.Rh/c1-6-7(2)9(4)10(5)8(6)3;7-3-1-4(5(8)9)6-2-3;;/h1-5H3;3-4,6-7H,1-2H2,(H,8,9);1H;/q-1;;;+3/p-2. The molecule has 1 aliphatic rings. The third-order valence-corrected chi connectivity index (χ3v) is 4.20.